The summed E-state index contributed by atoms with van der Waals surface area (Å²) in [5.74, 6) is -1.85. The van der Waals surface area contributed by atoms with E-state index in [1.165, 1.54) is 24.3 Å². The Hall–Kier alpha value is -2.53. The van der Waals surface area contributed by atoms with Gasteiger partial charge in [0.1, 0.15) is 5.82 Å². The highest BCUT2D eigenvalue weighted by Gasteiger charge is 2.54. The van der Waals surface area contributed by atoms with E-state index in [0.29, 0.717) is 21.3 Å². The number of rotatable bonds is 6. The number of ether oxygens (including phenoxy) is 1. The summed E-state index contributed by atoms with van der Waals surface area (Å²) >= 11 is 12.1. The van der Waals surface area contributed by atoms with Gasteiger partial charge in [0.2, 0.25) is 0 Å². The van der Waals surface area contributed by atoms with Crippen LogP contribution in [0.5, 0.6) is 0 Å². The molecule has 2 N–H and O–H groups in total. The number of benzene rings is 2. The third-order valence-corrected chi connectivity index (χ3v) is 9.42. The molecule has 3 heterocycles. The van der Waals surface area contributed by atoms with Gasteiger partial charge in [-0.2, -0.15) is 10.6 Å². The summed E-state index contributed by atoms with van der Waals surface area (Å²) in [6.45, 7) is -0.0235. The van der Waals surface area contributed by atoms with E-state index in [-0.39, 0.29) is 53.4 Å². The first-order valence-electron chi connectivity index (χ1n) is 11.9. The fourth-order valence-electron chi connectivity index (χ4n) is 5.24. The minimum Gasteiger partial charge on any atom is -0.350 e. The Morgan fingerprint density at radius 3 is 2.39 bits per heavy atom. The molecule has 0 radical (unpaired) electrons. The van der Waals surface area contributed by atoms with Gasteiger partial charge in [-0.3, -0.25) is 28.6 Å². The van der Waals surface area contributed by atoms with Crippen molar-refractivity contribution in [3.63, 3.8) is 0 Å². The summed E-state index contributed by atoms with van der Waals surface area (Å²) in [5.41, 5.74) is -0.601. The second-order valence-corrected chi connectivity index (χ2v) is 12.7. The van der Waals surface area contributed by atoms with E-state index in [9.17, 15) is 18.7 Å². The lowest BCUT2D eigenvalue weighted by atomic mass is 9.88. The number of fused-ring (bicyclic) bond motifs is 1. The second kappa shape index (κ2) is 10.2. The van der Waals surface area contributed by atoms with Crippen molar-refractivity contribution < 1.29 is 27.8 Å². The number of methoxy groups -OCH3 is 1. The minimum atomic E-state index is -2.68. The van der Waals surface area contributed by atoms with Gasteiger partial charge in [-0.1, -0.05) is 35.3 Å². The number of hydrogen-bond donors (Lipinski definition) is 2. The molecular formula is C27H25Cl2FN2O5S. The summed E-state index contributed by atoms with van der Waals surface area (Å²) in [6, 6.07) is 12.4. The zero-order valence-electron chi connectivity index (χ0n) is 20.4. The third-order valence-electron chi connectivity index (χ3n) is 7.17. The van der Waals surface area contributed by atoms with Crippen molar-refractivity contribution in [3.8, 4) is 0 Å². The molecule has 3 aromatic rings. The molecule has 2 aromatic carbocycles. The van der Waals surface area contributed by atoms with Gasteiger partial charge in [0.15, 0.2) is 11.5 Å². The highest BCUT2D eigenvalue weighted by Crippen LogP contribution is 2.49. The van der Waals surface area contributed by atoms with E-state index in [2.05, 4.69) is 4.98 Å². The first kappa shape index (κ1) is 27.1. The maximum atomic E-state index is 16.0. The van der Waals surface area contributed by atoms with Crippen LogP contribution < -0.4 is 0 Å². The largest absolute Gasteiger partial charge is 0.350 e. The molecule has 1 amide bonds. The van der Waals surface area contributed by atoms with Gasteiger partial charge in [0.25, 0.3) is 5.91 Å². The van der Waals surface area contributed by atoms with Crippen LogP contribution in [-0.4, -0.2) is 49.3 Å². The lowest BCUT2D eigenvalue weighted by molar-refractivity contribution is -0.0885. The van der Waals surface area contributed by atoms with Crippen LogP contribution in [0.15, 0.2) is 54.7 Å². The van der Waals surface area contributed by atoms with Gasteiger partial charge in [0, 0.05) is 46.9 Å². The maximum absolute atomic E-state index is 16.0. The second-order valence-electron chi connectivity index (χ2n) is 9.44. The average Bonchev–Trinajstić information content (AvgIpc) is 3.14. The highest BCUT2D eigenvalue weighted by atomic mass is 35.5. The van der Waals surface area contributed by atoms with Gasteiger partial charge < -0.3 is 4.74 Å². The van der Waals surface area contributed by atoms with Crippen molar-refractivity contribution in [3.05, 3.63) is 98.5 Å². The number of pyridine rings is 1. The van der Waals surface area contributed by atoms with Gasteiger partial charge in [-0.15, -0.1) is 0 Å². The Kier molecular flexibility index (Phi) is 7.28. The monoisotopic (exact) mass is 578 g/mol. The molecule has 0 unspecified atom stereocenters. The predicted octanol–water partition coefficient (Wildman–Crippen LogP) is 6.37. The maximum Gasteiger partial charge on any atom is 0.257 e. The van der Waals surface area contributed by atoms with Crippen LogP contribution in [0.1, 0.15) is 50.4 Å². The molecule has 0 bridgehead atoms. The number of amides is 1. The van der Waals surface area contributed by atoms with Crippen molar-refractivity contribution in [2.45, 2.75) is 25.1 Å². The van der Waals surface area contributed by atoms with E-state index in [0.717, 1.165) is 6.07 Å². The fraction of sp³-hybridized carbons (Fsp3) is 0.296. The third kappa shape index (κ3) is 4.72. The van der Waals surface area contributed by atoms with Crippen molar-refractivity contribution in [2.75, 3.05) is 18.6 Å². The fourth-order valence-corrected chi connectivity index (χ4v) is 7.01. The van der Waals surface area contributed by atoms with Crippen molar-refractivity contribution >= 4 is 45.5 Å². The van der Waals surface area contributed by atoms with Crippen molar-refractivity contribution in [2.24, 2.45) is 5.92 Å². The molecule has 1 aromatic heterocycles. The van der Waals surface area contributed by atoms with Gasteiger partial charge in [0.05, 0.1) is 28.4 Å². The standard InChI is InChI=1S/C27H25Cl2FN2O5S/c1-37-27(18-2-4-19(28)5-3-18)24-22(26(34)32(27)15-21-7-6-20(29)14-31-21)12-17(13-23(24)30)25(33)16-8-10-38(35,36)11-9-16/h2-7,12-14,16,35-36H,8-11,15H2,1H3/t27-/m0/s1. The lowest BCUT2D eigenvalue weighted by Crippen LogP contribution is -2.46. The lowest BCUT2D eigenvalue weighted by Gasteiger charge is -2.38. The molecule has 11 heteroatoms. The molecule has 0 aliphatic carbocycles. The van der Waals surface area contributed by atoms with E-state index >= 15 is 4.39 Å². The summed E-state index contributed by atoms with van der Waals surface area (Å²) < 4.78 is 41.8. The van der Waals surface area contributed by atoms with Crippen molar-refractivity contribution in [1.29, 1.82) is 0 Å². The van der Waals surface area contributed by atoms with Crippen LogP contribution in [-0.2, 0) is 17.0 Å². The molecule has 2 aliphatic heterocycles. The number of ketones is 1. The number of carbonyl (C=O) groups is 2. The van der Waals surface area contributed by atoms with Crippen LogP contribution in [0.4, 0.5) is 4.39 Å². The average molecular weight is 579 g/mol. The van der Waals surface area contributed by atoms with Gasteiger partial charge in [-0.05, 0) is 49.2 Å². The van der Waals surface area contributed by atoms with Crippen LogP contribution in [0.3, 0.4) is 0 Å². The predicted molar refractivity (Wildman–Crippen MR) is 144 cm³/mol. The Labute approximate surface area is 230 Å². The molecule has 38 heavy (non-hydrogen) atoms. The zero-order chi connectivity index (χ0) is 27.2. The van der Waals surface area contributed by atoms with E-state index in [1.807, 2.05) is 0 Å². The molecule has 7 nitrogen and oxygen atoms in total. The Morgan fingerprint density at radius 2 is 1.79 bits per heavy atom. The Morgan fingerprint density at radius 1 is 1.13 bits per heavy atom. The number of nitrogens with zero attached hydrogens (tertiary/aromatic N) is 2. The first-order valence-corrected chi connectivity index (χ1v) is 14.6. The minimum absolute atomic E-state index is 0.00402. The molecule has 1 atom stereocenters. The Bertz CT molecular complexity index is 1390. The number of Topliss-reactive ketones (excluding diaryl/α,β-unsaturated/α-hetero) is 1. The summed E-state index contributed by atoms with van der Waals surface area (Å²) in [5, 5.41) is 0.889. The summed E-state index contributed by atoms with van der Waals surface area (Å²) in [4.78, 5) is 32.9. The molecule has 200 valence electrons. The first-order chi connectivity index (χ1) is 18.1. The highest BCUT2D eigenvalue weighted by molar-refractivity contribution is 8.24. The summed E-state index contributed by atoms with van der Waals surface area (Å²) in [6.07, 6.45) is 2.03. The van der Waals surface area contributed by atoms with E-state index in [4.69, 9.17) is 27.9 Å². The van der Waals surface area contributed by atoms with E-state index < -0.39 is 34.0 Å². The van der Waals surface area contributed by atoms with Gasteiger partial charge in [-0.25, -0.2) is 4.39 Å². The molecule has 0 saturated carbocycles. The number of aromatic nitrogens is 1. The van der Waals surface area contributed by atoms with E-state index in [1.54, 1.807) is 36.4 Å². The molecule has 5 rings (SSSR count). The number of halogens is 3. The van der Waals surface area contributed by atoms with Crippen molar-refractivity contribution in [1.82, 2.24) is 9.88 Å². The Balaban J connectivity index is 1.61. The molecule has 1 fully saturated rings. The molecule has 2 aliphatic rings. The number of hydrogen-bond acceptors (Lipinski definition) is 6. The number of carbonyl (C=O) groups excluding carboxylic acids is 2. The van der Waals surface area contributed by atoms with Crippen LogP contribution >= 0.6 is 33.8 Å². The summed E-state index contributed by atoms with van der Waals surface area (Å²) in [7, 11) is -1.29. The molecule has 1 saturated heterocycles. The quantitative estimate of drug-likeness (QED) is 0.329. The van der Waals surface area contributed by atoms with Gasteiger partial charge >= 0.3 is 0 Å². The SMILES string of the molecule is CO[C@@]1(c2ccc(Cl)cc2)c2c(F)cc(C(=O)C3CCS(O)(O)CC3)cc2C(=O)N1Cc1ccc(Cl)cn1. The van der Waals surface area contributed by atoms with Crippen LogP contribution in [0.25, 0.3) is 0 Å². The van der Waals surface area contributed by atoms with Crippen LogP contribution in [0.2, 0.25) is 10.0 Å². The topological polar surface area (TPSA) is 100.0 Å². The molecule has 0 spiro atoms. The zero-order valence-corrected chi connectivity index (χ0v) is 22.7. The normalized spacial score (nSPS) is 21.8. The molecular weight excluding hydrogens is 554 g/mol. The van der Waals surface area contributed by atoms with Crippen LogP contribution in [0, 0.1) is 11.7 Å². The smallest absolute Gasteiger partial charge is 0.257 e.